The minimum Gasteiger partial charge on any atom is -0.375 e. The summed E-state index contributed by atoms with van der Waals surface area (Å²) in [6.45, 7) is 4.86. The highest BCUT2D eigenvalue weighted by atomic mass is 35.5. The summed E-state index contributed by atoms with van der Waals surface area (Å²) in [5, 5.41) is 4.11. The number of pyridine rings is 1. The molecule has 34 heavy (non-hydrogen) atoms. The number of carbonyl (C=O) groups excluding carboxylic acids is 2. The lowest BCUT2D eigenvalue weighted by Crippen LogP contribution is -2.39. The van der Waals surface area contributed by atoms with Crippen molar-refractivity contribution in [2.24, 2.45) is 11.8 Å². The topological polar surface area (TPSA) is 71.5 Å². The third-order valence-corrected chi connectivity index (χ3v) is 8.74. The molecule has 1 N–H and O–H groups in total. The van der Waals surface area contributed by atoms with Gasteiger partial charge in [-0.2, -0.15) is 0 Å². The molecule has 176 valence electrons. The van der Waals surface area contributed by atoms with Gasteiger partial charge in [-0.3, -0.25) is 19.5 Å². The van der Waals surface area contributed by atoms with E-state index in [1.54, 1.807) is 11.3 Å². The molecule has 1 aromatic carbocycles. The zero-order chi connectivity index (χ0) is 23.4. The van der Waals surface area contributed by atoms with Gasteiger partial charge in [-0.25, -0.2) is 0 Å². The Morgan fingerprint density at radius 1 is 1.18 bits per heavy atom. The average Bonchev–Trinajstić information content (AvgIpc) is 3.27. The number of nitrogens with zero attached hydrogens (tertiary/aromatic N) is 2. The zero-order valence-corrected chi connectivity index (χ0v) is 20.5. The number of likely N-dealkylation sites (tertiary alicyclic amines) is 1. The molecule has 1 aliphatic carbocycles. The molecule has 3 aromatic rings. The van der Waals surface area contributed by atoms with Gasteiger partial charge in [0.25, 0.3) is 0 Å². The highest BCUT2D eigenvalue weighted by molar-refractivity contribution is 7.19. The van der Waals surface area contributed by atoms with Crippen LogP contribution in [0.4, 0.5) is 0 Å². The van der Waals surface area contributed by atoms with Gasteiger partial charge in [0.05, 0.1) is 41.3 Å². The molecule has 0 bridgehead atoms. The van der Waals surface area contributed by atoms with Crippen LogP contribution in [0.2, 0.25) is 5.02 Å². The Kier molecular flexibility index (Phi) is 5.68. The van der Waals surface area contributed by atoms with Gasteiger partial charge >= 0.3 is 0 Å². The van der Waals surface area contributed by atoms with E-state index in [4.69, 9.17) is 16.3 Å². The SMILES string of the molecule is Cc1cc(Cl)cc(-c2ccnc3cc(CN4C(=O)C5CCC5C4=O)sc23)c1CC1CNCCO1. The predicted octanol–water partition coefficient (Wildman–Crippen LogP) is 4.35. The van der Waals surface area contributed by atoms with Crippen molar-refractivity contribution >= 4 is 45.0 Å². The molecule has 4 heterocycles. The fraction of sp³-hybridized carbons (Fsp3) is 0.423. The van der Waals surface area contributed by atoms with Crippen molar-refractivity contribution in [2.45, 2.75) is 38.8 Å². The van der Waals surface area contributed by atoms with Gasteiger partial charge in [0.15, 0.2) is 0 Å². The minimum absolute atomic E-state index is 0.0132. The van der Waals surface area contributed by atoms with Crippen molar-refractivity contribution in [3.05, 3.63) is 51.5 Å². The third-order valence-electron chi connectivity index (χ3n) is 7.38. The van der Waals surface area contributed by atoms with Crippen molar-refractivity contribution in [3.8, 4) is 11.1 Å². The number of halogens is 1. The fourth-order valence-electron chi connectivity index (χ4n) is 5.45. The summed E-state index contributed by atoms with van der Waals surface area (Å²) < 4.78 is 7.04. The second-order valence-corrected chi connectivity index (χ2v) is 11.1. The van der Waals surface area contributed by atoms with Crippen molar-refractivity contribution in [2.75, 3.05) is 19.7 Å². The number of nitrogens with one attached hydrogen (secondary N) is 1. The molecule has 6 rings (SSSR count). The van der Waals surface area contributed by atoms with Crippen LogP contribution >= 0.6 is 22.9 Å². The van der Waals surface area contributed by atoms with E-state index in [-0.39, 0.29) is 29.8 Å². The number of imide groups is 1. The van der Waals surface area contributed by atoms with Crippen LogP contribution in [0.1, 0.15) is 28.8 Å². The van der Waals surface area contributed by atoms with E-state index >= 15 is 0 Å². The monoisotopic (exact) mass is 495 g/mol. The molecule has 3 aliphatic rings. The molecule has 2 amide bonds. The van der Waals surface area contributed by atoms with E-state index in [0.717, 1.165) is 70.7 Å². The first-order chi connectivity index (χ1) is 16.5. The summed E-state index contributed by atoms with van der Waals surface area (Å²) in [5.41, 5.74) is 5.40. The summed E-state index contributed by atoms with van der Waals surface area (Å²) in [4.78, 5) is 32.3. The summed E-state index contributed by atoms with van der Waals surface area (Å²) in [6, 6.07) is 8.08. The number of hydrogen-bond donors (Lipinski definition) is 1. The molecule has 2 aromatic heterocycles. The number of hydrogen-bond acceptors (Lipinski definition) is 6. The van der Waals surface area contributed by atoms with E-state index in [1.807, 2.05) is 30.5 Å². The van der Waals surface area contributed by atoms with Gasteiger partial charge in [0, 0.05) is 41.2 Å². The van der Waals surface area contributed by atoms with Crippen LogP contribution in [0.3, 0.4) is 0 Å². The molecule has 2 saturated heterocycles. The molecular formula is C26H26ClN3O3S. The van der Waals surface area contributed by atoms with Crippen LogP contribution in [0.5, 0.6) is 0 Å². The number of thiophene rings is 1. The number of fused-ring (bicyclic) bond motifs is 2. The van der Waals surface area contributed by atoms with Gasteiger partial charge in [-0.05, 0) is 60.7 Å². The number of morpholine rings is 1. The highest BCUT2D eigenvalue weighted by Gasteiger charge is 2.52. The lowest BCUT2D eigenvalue weighted by Gasteiger charge is -2.25. The number of aryl methyl sites for hydroxylation is 1. The molecule has 6 nitrogen and oxygen atoms in total. The Labute approximate surface area is 207 Å². The molecule has 0 spiro atoms. The van der Waals surface area contributed by atoms with Crippen LogP contribution in [0.15, 0.2) is 30.5 Å². The molecule has 3 fully saturated rings. The quantitative estimate of drug-likeness (QED) is 0.533. The van der Waals surface area contributed by atoms with Crippen LogP contribution in [-0.2, 0) is 27.3 Å². The van der Waals surface area contributed by atoms with E-state index < -0.39 is 0 Å². The van der Waals surface area contributed by atoms with Gasteiger partial charge in [-0.1, -0.05) is 11.6 Å². The number of benzene rings is 1. The number of amides is 2. The number of ether oxygens (including phenoxy) is 1. The Balaban J connectivity index is 1.37. The first-order valence-corrected chi connectivity index (χ1v) is 13.0. The van der Waals surface area contributed by atoms with E-state index in [1.165, 1.54) is 10.5 Å². The largest absolute Gasteiger partial charge is 0.375 e. The lowest BCUT2D eigenvalue weighted by molar-refractivity contribution is -0.140. The van der Waals surface area contributed by atoms with Crippen LogP contribution in [-0.4, -0.2) is 47.5 Å². The molecule has 2 aliphatic heterocycles. The van der Waals surface area contributed by atoms with Gasteiger partial charge in [0.1, 0.15) is 0 Å². The average molecular weight is 496 g/mol. The van der Waals surface area contributed by atoms with E-state index in [0.29, 0.717) is 11.6 Å². The number of carbonyl (C=O) groups is 2. The van der Waals surface area contributed by atoms with Crippen molar-refractivity contribution in [1.29, 1.82) is 0 Å². The van der Waals surface area contributed by atoms with Gasteiger partial charge < -0.3 is 10.1 Å². The molecule has 3 unspecified atom stereocenters. The summed E-state index contributed by atoms with van der Waals surface area (Å²) in [7, 11) is 0. The summed E-state index contributed by atoms with van der Waals surface area (Å²) >= 11 is 8.12. The van der Waals surface area contributed by atoms with Crippen molar-refractivity contribution in [1.82, 2.24) is 15.2 Å². The predicted molar refractivity (Wildman–Crippen MR) is 133 cm³/mol. The number of aromatic nitrogens is 1. The minimum atomic E-state index is -0.0935. The highest BCUT2D eigenvalue weighted by Crippen LogP contribution is 2.44. The summed E-state index contributed by atoms with van der Waals surface area (Å²) in [5.74, 6) is -0.213. The normalized spacial score (nSPS) is 24.5. The van der Waals surface area contributed by atoms with Gasteiger partial charge in [-0.15, -0.1) is 11.3 Å². The second-order valence-electron chi connectivity index (χ2n) is 9.49. The van der Waals surface area contributed by atoms with Crippen LogP contribution in [0, 0.1) is 18.8 Å². The van der Waals surface area contributed by atoms with E-state index in [9.17, 15) is 9.59 Å². The Hall–Kier alpha value is -2.32. The Bertz CT molecular complexity index is 1280. The zero-order valence-electron chi connectivity index (χ0n) is 19.0. The second kappa shape index (κ2) is 8.72. The molecular weight excluding hydrogens is 470 g/mol. The summed E-state index contributed by atoms with van der Waals surface area (Å²) in [6.07, 6.45) is 4.40. The van der Waals surface area contributed by atoms with Crippen LogP contribution < -0.4 is 5.32 Å². The standard InChI is InChI=1S/C26H26ClN3O3S/c1-14-8-15(27)9-22(21(14)10-16-12-28-6-7-33-16)18-4-5-29-23-11-17(34-24(18)23)13-30-25(31)19-2-3-20(19)26(30)32/h4-5,8-9,11,16,19-20,28H,2-3,6-7,10,12-13H2,1H3. The smallest absolute Gasteiger partial charge is 0.233 e. The van der Waals surface area contributed by atoms with Crippen molar-refractivity contribution in [3.63, 3.8) is 0 Å². The molecule has 1 saturated carbocycles. The molecule has 8 heteroatoms. The third kappa shape index (κ3) is 3.75. The molecule has 0 radical (unpaired) electrons. The molecule has 3 atom stereocenters. The van der Waals surface area contributed by atoms with Gasteiger partial charge in [0.2, 0.25) is 11.8 Å². The number of rotatable bonds is 5. The maximum atomic E-state index is 12.7. The Morgan fingerprint density at radius 2 is 1.97 bits per heavy atom. The fourth-order valence-corrected chi connectivity index (χ4v) is 6.86. The first-order valence-electron chi connectivity index (χ1n) is 11.8. The van der Waals surface area contributed by atoms with Crippen molar-refractivity contribution < 1.29 is 14.3 Å². The maximum Gasteiger partial charge on any atom is 0.233 e. The van der Waals surface area contributed by atoms with Crippen LogP contribution in [0.25, 0.3) is 21.3 Å². The lowest BCUT2D eigenvalue weighted by atomic mass is 9.76. The van der Waals surface area contributed by atoms with E-state index in [2.05, 4.69) is 17.2 Å². The first kappa shape index (κ1) is 22.2. The Morgan fingerprint density at radius 3 is 2.68 bits per heavy atom. The maximum absolute atomic E-state index is 12.7.